The average molecular weight is 321 g/mol. The molecule has 0 bridgehead atoms. The Kier molecular flexibility index (Phi) is 4.69. The van der Waals surface area contributed by atoms with Crippen LogP contribution in [0.3, 0.4) is 0 Å². The van der Waals surface area contributed by atoms with Crippen LogP contribution in [0, 0.1) is 21.7 Å². The normalized spacial score (nSPS) is 18.6. The van der Waals surface area contributed by atoms with Gasteiger partial charge in [0.2, 0.25) is 5.82 Å². The molecule has 1 aliphatic rings. The first-order chi connectivity index (χ1) is 9.93. The van der Waals surface area contributed by atoms with E-state index in [1.54, 1.807) is 0 Å². The van der Waals surface area contributed by atoms with Crippen molar-refractivity contribution in [1.82, 2.24) is 4.90 Å². The summed E-state index contributed by atoms with van der Waals surface area (Å²) >= 11 is 5.63. The van der Waals surface area contributed by atoms with Crippen LogP contribution >= 0.6 is 11.6 Å². The molecule has 2 rings (SSSR count). The van der Waals surface area contributed by atoms with Gasteiger partial charge in [-0.05, 0) is 6.07 Å². The molecular weight excluding hydrogens is 310 g/mol. The Morgan fingerprint density at radius 1 is 1.52 bits per heavy atom. The predicted molar refractivity (Wildman–Crippen MR) is 69.4 cm³/mol. The molecule has 0 aliphatic carbocycles. The molecule has 1 saturated heterocycles. The van der Waals surface area contributed by atoms with E-state index in [-0.39, 0.29) is 25.6 Å². The Bertz CT molecular complexity index is 585. The fourth-order valence-corrected chi connectivity index (χ4v) is 2.22. The fourth-order valence-electron chi connectivity index (χ4n) is 2.03. The summed E-state index contributed by atoms with van der Waals surface area (Å²) in [6.07, 6.45) is -0.407. The average Bonchev–Trinajstić information content (AvgIpc) is 2.48. The molecule has 6 nitrogen and oxygen atoms in total. The van der Waals surface area contributed by atoms with Gasteiger partial charge < -0.3 is 9.64 Å². The number of nitrogens with zero attached hydrogens (tertiary/aromatic N) is 2. The van der Waals surface area contributed by atoms with Gasteiger partial charge in [-0.2, -0.15) is 4.39 Å². The summed E-state index contributed by atoms with van der Waals surface area (Å²) in [6, 6.07) is 1.09. The molecule has 1 unspecified atom stereocenters. The van der Waals surface area contributed by atoms with Crippen molar-refractivity contribution < 1.29 is 23.2 Å². The zero-order chi connectivity index (χ0) is 15.6. The van der Waals surface area contributed by atoms with Crippen molar-refractivity contribution in [3.05, 3.63) is 39.4 Å². The molecule has 0 spiro atoms. The van der Waals surface area contributed by atoms with E-state index < -0.39 is 39.8 Å². The number of alkyl halides is 1. The standard InChI is InChI=1S/C12H11ClF2N2O4/c13-5-8-6-16(1-2-21-8)12(18)9-3-7(14)4-10(11(9)15)17(19)20/h3-4,8H,1-2,5-6H2. The number of nitro benzene ring substituents is 1. The Morgan fingerprint density at radius 3 is 2.86 bits per heavy atom. The van der Waals surface area contributed by atoms with E-state index in [9.17, 15) is 23.7 Å². The van der Waals surface area contributed by atoms with Crippen LogP contribution in [0.2, 0.25) is 0 Å². The number of carbonyl (C=O) groups is 1. The molecule has 0 radical (unpaired) electrons. The molecule has 1 aromatic rings. The monoisotopic (exact) mass is 320 g/mol. The van der Waals surface area contributed by atoms with Gasteiger partial charge >= 0.3 is 5.69 Å². The molecule has 114 valence electrons. The molecule has 1 amide bonds. The summed E-state index contributed by atoms with van der Waals surface area (Å²) in [5.41, 5.74) is -1.74. The van der Waals surface area contributed by atoms with E-state index in [1.807, 2.05) is 0 Å². The molecule has 0 aromatic heterocycles. The van der Waals surface area contributed by atoms with Gasteiger partial charge in [-0.15, -0.1) is 11.6 Å². The third-order valence-electron chi connectivity index (χ3n) is 3.04. The minimum absolute atomic E-state index is 0.117. The lowest BCUT2D eigenvalue weighted by molar-refractivity contribution is -0.387. The number of hydrogen-bond donors (Lipinski definition) is 0. The summed E-state index contributed by atoms with van der Waals surface area (Å²) in [7, 11) is 0. The van der Waals surface area contributed by atoms with Crippen LogP contribution in [0.5, 0.6) is 0 Å². The highest BCUT2D eigenvalue weighted by Gasteiger charge is 2.30. The second-order valence-corrected chi connectivity index (χ2v) is 4.75. The van der Waals surface area contributed by atoms with Crippen LogP contribution in [0.25, 0.3) is 0 Å². The molecule has 1 fully saturated rings. The van der Waals surface area contributed by atoms with Crippen LogP contribution in [-0.4, -0.2) is 47.4 Å². The molecule has 1 atom stereocenters. The summed E-state index contributed by atoms with van der Waals surface area (Å²) in [6.45, 7) is 0.504. The quantitative estimate of drug-likeness (QED) is 0.485. The lowest BCUT2D eigenvalue weighted by atomic mass is 10.1. The fraction of sp³-hybridized carbons (Fsp3) is 0.417. The summed E-state index contributed by atoms with van der Waals surface area (Å²) in [4.78, 5) is 23.0. The highest BCUT2D eigenvalue weighted by molar-refractivity contribution is 6.18. The van der Waals surface area contributed by atoms with Gasteiger partial charge in [0.05, 0.1) is 35.1 Å². The first-order valence-electron chi connectivity index (χ1n) is 6.04. The summed E-state index contributed by atoms with van der Waals surface area (Å²) in [5.74, 6) is -3.07. The molecule has 1 heterocycles. The lowest BCUT2D eigenvalue weighted by Gasteiger charge is -2.32. The van der Waals surface area contributed by atoms with E-state index in [4.69, 9.17) is 16.3 Å². The van der Waals surface area contributed by atoms with Gasteiger partial charge in [-0.25, -0.2) is 4.39 Å². The van der Waals surface area contributed by atoms with E-state index >= 15 is 0 Å². The van der Waals surface area contributed by atoms with Gasteiger partial charge in [0.25, 0.3) is 5.91 Å². The van der Waals surface area contributed by atoms with Crippen LogP contribution in [0.15, 0.2) is 12.1 Å². The Hall–Kier alpha value is -1.80. The number of nitro groups is 1. The molecular formula is C12H11ClF2N2O4. The number of benzene rings is 1. The molecule has 1 aliphatic heterocycles. The number of morpholine rings is 1. The number of rotatable bonds is 3. The minimum Gasteiger partial charge on any atom is -0.373 e. The highest BCUT2D eigenvalue weighted by atomic mass is 35.5. The van der Waals surface area contributed by atoms with Crippen molar-refractivity contribution in [2.24, 2.45) is 0 Å². The number of carbonyl (C=O) groups excluding carboxylic acids is 1. The zero-order valence-electron chi connectivity index (χ0n) is 10.7. The second kappa shape index (κ2) is 6.31. The topological polar surface area (TPSA) is 72.7 Å². The van der Waals surface area contributed by atoms with Crippen molar-refractivity contribution >= 4 is 23.2 Å². The minimum atomic E-state index is -1.35. The SMILES string of the molecule is O=C(c1cc(F)cc([N+](=O)[O-])c1F)N1CCOC(CCl)C1. The highest BCUT2D eigenvalue weighted by Crippen LogP contribution is 2.24. The number of ether oxygens (including phenoxy) is 1. The van der Waals surface area contributed by atoms with Crippen LogP contribution < -0.4 is 0 Å². The number of halogens is 3. The van der Waals surface area contributed by atoms with Crippen molar-refractivity contribution in [2.45, 2.75) is 6.10 Å². The van der Waals surface area contributed by atoms with Gasteiger partial charge in [0.15, 0.2) is 0 Å². The van der Waals surface area contributed by atoms with Gasteiger partial charge in [-0.1, -0.05) is 0 Å². The smallest absolute Gasteiger partial charge is 0.308 e. The number of hydrogen-bond acceptors (Lipinski definition) is 4. The molecule has 0 N–H and O–H groups in total. The first kappa shape index (κ1) is 15.6. The van der Waals surface area contributed by atoms with Gasteiger partial charge in [0, 0.05) is 13.1 Å². The van der Waals surface area contributed by atoms with Crippen LogP contribution in [-0.2, 0) is 4.74 Å². The second-order valence-electron chi connectivity index (χ2n) is 4.44. The van der Waals surface area contributed by atoms with Crippen molar-refractivity contribution in [3.63, 3.8) is 0 Å². The Balaban J connectivity index is 2.33. The van der Waals surface area contributed by atoms with E-state index in [0.29, 0.717) is 12.1 Å². The van der Waals surface area contributed by atoms with Crippen molar-refractivity contribution in [2.75, 3.05) is 25.6 Å². The van der Waals surface area contributed by atoms with E-state index in [1.165, 1.54) is 4.90 Å². The summed E-state index contributed by atoms with van der Waals surface area (Å²) in [5, 5.41) is 10.7. The zero-order valence-corrected chi connectivity index (χ0v) is 11.5. The van der Waals surface area contributed by atoms with Gasteiger partial charge in [-0.3, -0.25) is 14.9 Å². The summed E-state index contributed by atoms with van der Waals surface area (Å²) < 4.78 is 32.6. The molecule has 1 aromatic carbocycles. The van der Waals surface area contributed by atoms with Crippen molar-refractivity contribution in [1.29, 1.82) is 0 Å². The molecule has 0 saturated carbocycles. The number of amides is 1. The maximum Gasteiger partial charge on any atom is 0.308 e. The van der Waals surface area contributed by atoms with Crippen molar-refractivity contribution in [3.8, 4) is 0 Å². The molecule has 21 heavy (non-hydrogen) atoms. The largest absolute Gasteiger partial charge is 0.373 e. The maximum absolute atomic E-state index is 14.0. The Labute approximate surface area is 123 Å². The van der Waals surface area contributed by atoms with Crippen LogP contribution in [0.4, 0.5) is 14.5 Å². The predicted octanol–water partition coefficient (Wildman–Crippen LogP) is 1.95. The lowest BCUT2D eigenvalue weighted by Crippen LogP contribution is -2.46. The van der Waals surface area contributed by atoms with E-state index in [0.717, 1.165) is 0 Å². The molecule has 9 heteroatoms. The van der Waals surface area contributed by atoms with Crippen LogP contribution in [0.1, 0.15) is 10.4 Å². The third-order valence-corrected chi connectivity index (χ3v) is 3.39. The van der Waals surface area contributed by atoms with E-state index in [2.05, 4.69) is 0 Å². The Morgan fingerprint density at radius 2 is 2.24 bits per heavy atom. The van der Waals surface area contributed by atoms with Gasteiger partial charge in [0.1, 0.15) is 5.82 Å². The third kappa shape index (κ3) is 3.27. The maximum atomic E-state index is 14.0. The first-order valence-corrected chi connectivity index (χ1v) is 6.57.